The first kappa shape index (κ1) is 21.9. The van der Waals surface area contributed by atoms with Crippen molar-refractivity contribution in [1.82, 2.24) is 0 Å². The molecule has 0 heterocycles. The third-order valence-electron chi connectivity index (χ3n) is 5.21. The fraction of sp³-hybridized carbons (Fsp3) is 0.571. The topological polar surface area (TPSA) is 88.1 Å². The second-order valence-electron chi connectivity index (χ2n) is 7.09. The fourth-order valence-corrected chi connectivity index (χ4v) is 3.74. The van der Waals surface area contributed by atoms with Crippen LogP contribution in [-0.2, 0) is 28.5 Å². The first-order valence-corrected chi connectivity index (χ1v) is 9.39. The van der Waals surface area contributed by atoms with Crippen molar-refractivity contribution in [3.63, 3.8) is 0 Å². The van der Waals surface area contributed by atoms with Crippen molar-refractivity contribution in [3.05, 3.63) is 35.9 Å². The zero-order chi connectivity index (χ0) is 20.7. The van der Waals surface area contributed by atoms with Crippen molar-refractivity contribution >= 4 is 17.9 Å². The predicted molar refractivity (Wildman–Crippen MR) is 101 cm³/mol. The Hall–Kier alpha value is -2.41. The molecule has 0 bridgehead atoms. The Bertz CT molecular complexity index is 687. The van der Waals surface area contributed by atoms with Crippen molar-refractivity contribution in [2.45, 2.75) is 45.8 Å². The van der Waals surface area contributed by atoms with Gasteiger partial charge in [0.1, 0.15) is 6.10 Å². The van der Waals surface area contributed by atoms with Gasteiger partial charge in [0.2, 0.25) is 0 Å². The molecule has 1 aromatic rings. The van der Waals surface area contributed by atoms with Crippen LogP contribution in [0.25, 0.3) is 0 Å². The number of carbonyl (C=O) groups is 3. The molecule has 7 heteroatoms. The molecule has 154 valence electrons. The molecule has 1 aromatic carbocycles. The molecule has 0 amide bonds. The number of esters is 3. The zero-order valence-corrected chi connectivity index (χ0v) is 16.8. The van der Waals surface area contributed by atoms with Crippen LogP contribution in [-0.4, -0.2) is 50.4 Å². The summed E-state index contributed by atoms with van der Waals surface area (Å²) in [5.74, 6) is -1.32. The molecule has 1 aliphatic rings. The van der Waals surface area contributed by atoms with Gasteiger partial charge in [0, 0.05) is 32.3 Å². The minimum atomic E-state index is -0.721. The smallest absolute Gasteiger partial charge is 0.338 e. The minimum Gasteiger partial charge on any atom is -0.462 e. The molecule has 1 saturated carbocycles. The highest BCUT2D eigenvalue weighted by molar-refractivity contribution is 5.89. The lowest BCUT2D eigenvalue weighted by Crippen LogP contribution is -2.44. The van der Waals surface area contributed by atoms with E-state index in [0.717, 1.165) is 0 Å². The maximum atomic E-state index is 12.2. The summed E-state index contributed by atoms with van der Waals surface area (Å²) in [6, 6.07) is 8.76. The Balaban J connectivity index is 2.11. The summed E-state index contributed by atoms with van der Waals surface area (Å²) in [4.78, 5) is 35.4. The molecule has 0 N–H and O–H groups in total. The Morgan fingerprint density at radius 3 is 2.29 bits per heavy atom. The number of hydrogen-bond acceptors (Lipinski definition) is 7. The average molecular weight is 392 g/mol. The van der Waals surface area contributed by atoms with Crippen LogP contribution in [0.4, 0.5) is 0 Å². The van der Waals surface area contributed by atoms with Gasteiger partial charge >= 0.3 is 17.9 Å². The van der Waals surface area contributed by atoms with Gasteiger partial charge in [-0.3, -0.25) is 9.59 Å². The van der Waals surface area contributed by atoms with Gasteiger partial charge in [0.25, 0.3) is 0 Å². The fourth-order valence-electron chi connectivity index (χ4n) is 3.74. The van der Waals surface area contributed by atoms with Crippen molar-refractivity contribution in [2.75, 3.05) is 20.3 Å². The minimum absolute atomic E-state index is 0.00410. The highest BCUT2D eigenvalue weighted by atomic mass is 16.6. The van der Waals surface area contributed by atoms with Crippen LogP contribution in [0, 0.1) is 11.3 Å². The monoisotopic (exact) mass is 392 g/mol. The van der Waals surface area contributed by atoms with E-state index in [1.54, 1.807) is 24.3 Å². The van der Waals surface area contributed by atoms with Gasteiger partial charge in [-0.1, -0.05) is 25.1 Å². The quantitative estimate of drug-likeness (QED) is 0.447. The van der Waals surface area contributed by atoms with Crippen LogP contribution < -0.4 is 0 Å². The maximum absolute atomic E-state index is 12.2. The van der Waals surface area contributed by atoms with Crippen molar-refractivity contribution in [1.29, 1.82) is 0 Å². The molecular weight excluding hydrogens is 364 g/mol. The van der Waals surface area contributed by atoms with Gasteiger partial charge < -0.3 is 18.9 Å². The molecule has 1 aliphatic carbocycles. The predicted octanol–water partition coefficient (Wildman–Crippen LogP) is 2.77. The van der Waals surface area contributed by atoms with Crippen molar-refractivity contribution in [2.24, 2.45) is 11.3 Å². The third-order valence-corrected chi connectivity index (χ3v) is 5.21. The lowest BCUT2D eigenvalue weighted by Gasteiger charge is -2.33. The summed E-state index contributed by atoms with van der Waals surface area (Å²) in [7, 11) is 1.49. The third kappa shape index (κ3) is 5.32. The second-order valence-corrected chi connectivity index (χ2v) is 7.09. The van der Waals surface area contributed by atoms with Crippen LogP contribution >= 0.6 is 0 Å². The Morgan fingerprint density at radius 2 is 1.75 bits per heavy atom. The molecule has 0 spiro atoms. The first-order chi connectivity index (χ1) is 13.3. The summed E-state index contributed by atoms with van der Waals surface area (Å²) in [6.07, 6.45) is -0.00853. The highest BCUT2D eigenvalue weighted by Crippen LogP contribution is 2.59. The van der Waals surface area contributed by atoms with E-state index in [2.05, 4.69) is 0 Å². The Kier molecular flexibility index (Phi) is 7.57. The van der Waals surface area contributed by atoms with E-state index in [-0.39, 0.29) is 19.1 Å². The number of carbonyl (C=O) groups excluding carboxylic acids is 3. The van der Waals surface area contributed by atoms with Crippen LogP contribution in [0.5, 0.6) is 0 Å². The largest absolute Gasteiger partial charge is 0.462 e. The summed E-state index contributed by atoms with van der Waals surface area (Å²) in [6.45, 7) is 4.92. The number of benzene rings is 1. The van der Waals surface area contributed by atoms with Gasteiger partial charge in [0.05, 0.1) is 18.8 Å². The number of ether oxygens (including phenoxy) is 4. The maximum Gasteiger partial charge on any atom is 0.338 e. The van der Waals surface area contributed by atoms with E-state index in [0.29, 0.717) is 18.4 Å². The van der Waals surface area contributed by atoms with Gasteiger partial charge in [-0.05, 0) is 25.0 Å². The normalized spacial score (nSPS) is 22.6. The zero-order valence-electron chi connectivity index (χ0n) is 16.8. The number of hydrogen-bond donors (Lipinski definition) is 0. The highest BCUT2D eigenvalue weighted by Gasteiger charge is 2.62. The molecule has 2 rings (SSSR count). The van der Waals surface area contributed by atoms with Crippen LogP contribution in [0.3, 0.4) is 0 Å². The molecule has 0 aliphatic heterocycles. The van der Waals surface area contributed by atoms with E-state index in [1.807, 2.05) is 13.0 Å². The van der Waals surface area contributed by atoms with Gasteiger partial charge in [0.15, 0.2) is 6.10 Å². The van der Waals surface area contributed by atoms with E-state index in [1.165, 1.54) is 21.0 Å². The van der Waals surface area contributed by atoms with Crippen molar-refractivity contribution in [3.8, 4) is 0 Å². The summed E-state index contributed by atoms with van der Waals surface area (Å²) >= 11 is 0. The molecule has 4 atom stereocenters. The SMILES string of the molecule is CC[C@]1(C(OC(C)=O)[C@@H](COC)OC(C)=O)C[C@H]1COC(=O)c1ccccc1. The summed E-state index contributed by atoms with van der Waals surface area (Å²) < 4.78 is 21.6. The van der Waals surface area contributed by atoms with Gasteiger partial charge in [-0.2, -0.15) is 0 Å². The van der Waals surface area contributed by atoms with E-state index >= 15 is 0 Å². The average Bonchev–Trinajstić information content (AvgIpc) is 3.38. The molecular formula is C21H28O7. The summed E-state index contributed by atoms with van der Waals surface area (Å²) in [5.41, 5.74) is 0.0559. The molecule has 1 unspecified atom stereocenters. The Labute approximate surface area is 165 Å². The lowest BCUT2D eigenvalue weighted by atomic mass is 9.89. The molecule has 7 nitrogen and oxygen atoms in total. The van der Waals surface area contributed by atoms with Crippen LogP contribution in [0.15, 0.2) is 30.3 Å². The van der Waals surface area contributed by atoms with Crippen LogP contribution in [0.1, 0.15) is 44.0 Å². The van der Waals surface area contributed by atoms with Crippen LogP contribution in [0.2, 0.25) is 0 Å². The second kappa shape index (κ2) is 9.68. The summed E-state index contributed by atoms with van der Waals surface area (Å²) in [5, 5.41) is 0. The van der Waals surface area contributed by atoms with E-state index in [9.17, 15) is 14.4 Å². The standard InChI is InChI=1S/C21H28O7/c1-5-21(19(28-15(3)23)18(13-25-4)27-14(2)22)11-17(21)12-26-20(24)16-9-7-6-8-10-16/h6-10,17-19H,5,11-13H2,1-4H3/t17-,18+,19?,21-/m0/s1. The first-order valence-electron chi connectivity index (χ1n) is 9.39. The van der Waals surface area contributed by atoms with E-state index in [4.69, 9.17) is 18.9 Å². The van der Waals surface area contributed by atoms with Crippen molar-refractivity contribution < 1.29 is 33.3 Å². The van der Waals surface area contributed by atoms with Gasteiger partial charge in [-0.15, -0.1) is 0 Å². The molecule has 1 fully saturated rings. The molecule has 0 aromatic heterocycles. The molecule has 28 heavy (non-hydrogen) atoms. The molecule has 0 saturated heterocycles. The molecule has 0 radical (unpaired) electrons. The van der Waals surface area contributed by atoms with Gasteiger partial charge in [-0.25, -0.2) is 4.79 Å². The number of rotatable bonds is 10. The Morgan fingerprint density at radius 1 is 1.11 bits per heavy atom. The number of methoxy groups -OCH3 is 1. The lowest BCUT2D eigenvalue weighted by molar-refractivity contribution is -0.177. The van der Waals surface area contributed by atoms with E-state index < -0.39 is 35.5 Å².